The van der Waals surface area contributed by atoms with Gasteiger partial charge in [-0.25, -0.2) is 0 Å². The Labute approximate surface area is 126 Å². The number of amides is 1. The molecule has 0 saturated heterocycles. The number of carbonyl (C=O) groups excluding carboxylic acids is 1. The molecule has 116 valence electrons. The van der Waals surface area contributed by atoms with E-state index in [-0.39, 0.29) is 31.0 Å². The number of ether oxygens (including phenoxy) is 1. The summed E-state index contributed by atoms with van der Waals surface area (Å²) >= 11 is 0. The highest BCUT2D eigenvalue weighted by Crippen LogP contribution is 2.20. The van der Waals surface area contributed by atoms with Crippen LogP contribution >= 0.6 is 12.4 Å². The van der Waals surface area contributed by atoms with Crippen molar-refractivity contribution in [2.75, 3.05) is 19.7 Å². The molecule has 1 heterocycles. The Bertz CT molecular complexity index is 434. The van der Waals surface area contributed by atoms with E-state index in [0.717, 1.165) is 17.9 Å². The molecule has 7 heteroatoms. The molecule has 1 rings (SSSR count). The topological polar surface area (TPSA) is 68.2 Å². The lowest BCUT2D eigenvalue weighted by molar-refractivity contribution is -0.123. The van der Waals surface area contributed by atoms with Crippen molar-refractivity contribution in [3.63, 3.8) is 0 Å². The second-order valence-corrected chi connectivity index (χ2v) is 4.68. The number of halogens is 1. The number of nitrogens with zero attached hydrogens (tertiary/aromatic N) is 2. The van der Waals surface area contributed by atoms with Gasteiger partial charge in [-0.3, -0.25) is 9.48 Å². The lowest BCUT2D eigenvalue weighted by Crippen LogP contribution is -2.40. The highest BCUT2D eigenvalue weighted by atomic mass is 35.5. The van der Waals surface area contributed by atoms with Crippen LogP contribution in [0.4, 0.5) is 0 Å². The van der Waals surface area contributed by atoms with Crippen LogP contribution in [0.5, 0.6) is 5.75 Å². The first kappa shape index (κ1) is 18.7. The molecule has 0 aliphatic rings. The van der Waals surface area contributed by atoms with Crippen LogP contribution in [0.25, 0.3) is 0 Å². The Hall–Kier alpha value is -1.27. The fourth-order valence-electron chi connectivity index (χ4n) is 1.84. The molecule has 1 aromatic rings. The highest BCUT2D eigenvalue weighted by molar-refractivity contribution is 5.85. The van der Waals surface area contributed by atoms with Crippen LogP contribution in [0, 0.1) is 13.8 Å². The summed E-state index contributed by atoms with van der Waals surface area (Å²) in [5, 5.41) is 10.3. The number of carbonyl (C=O) groups is 1. The smallest absolute Gasteiger partial charge is 0.257 e. The van der Waals surface area contributed by atoms with Gasteiger partial charge < -0.3 is 15.4 Å². The zero-order valence-corrected chi connectivity index (χ0v) is 13.6. The van der Waals surface area contributed by atoms with Crippen molar-refractivity contribution in [3.8, 4) is 5.75 Å². The first-order chi connectivity index (χ1) is 8.95. The number of nitrogens with one attached hydrogen (secondary N) is 2. The van der Waals surface area contributed by atoms with Gasteiger partial charge in [0.25, 0.3) is 5.91 Å². The van der Waals surface area contributed by atoms with E-state index in [1.807, 2.05) is 34.7 Å². The quantitative estimate of drug-likeness (QED) is 0.787. The molecule has 0 saturated carbocycles. The Balaban J connectivity index is 0.00000361. The van der Waals surface area contributed by atoms with Gasteiger partial charge in [0.2, 0.25) is 0 Å². The SMILES string of the molecule is CCN[C@H](C)CNC(=O)COc1c(C)nn(C)c1C.Cl. The zero-order chi connectivity index (χ0) is 14.4. The Kier molecular flexibility index (Phi) is 8.25. The summed E-state index contributed by atoms with van der Waals surface area (Å²) in [5.74, 6) is 0.574. The van der Waals surface area contributed by atoms with Gasteiger partial charge in [0.1, 0.15) is 5.69 Å². The monoisotopic (exact) mass is 304 g/mol. The fourth-order valence-corrected chi connectivity index (χ4v) is 1.84. The standard InChI is InChI=1S/C13H24N4O2.ClH/c1-6-14-9(2)7-15-12(18)8-19-13-10(3)16-17(5)11(13)4;/h9,14H,6-8H2,1-5H3,(H,15,18);1H/t9-;/m1./s1. The Morgan fingerprint density at radius 1 is 1.45 bits per heavy atom. The lowest BCUT2D eigenvalue weighted by atomic mass is 10.3. The fraction of sp³-hybridized carbons (Fsp3) is 0.692. The van der Waals surface area contributed by atoms with E-state index in [4.69, 9.17) is 4.74 Å². The molecule has 0 bridgehead atoms. The molecule has 1 aromatic heterocycles. The summed E-state index contributed by atoms with van der Waals surface area (Å²) in [5.41, 5.74) is 1.72. The van der Waals surface area contributed by atoms with Gasteiger partial charge in [0.15, 0.2) is 12.4 Å². The minimum atomic E-state index is -0.118. The molecule has 0 radical (unpaired) electrons. The first-order valence-corrected chi connectivity index (χ1v) is 6.58. The number of rotatable bonds is 7. The molecule has 0 aliphatic heterocycles. The maximum atomic E-state index is 11.7. The van der Waals surface area contributed by atoms with Crippen molar-refractivity contribution >= 4 is 18.3 Å². The van der Waals surface area contributed by atoms with Crippen molar-refractivity contribution in [2.45, 2.75) is 33.7 Å². The molecule has 0 aromatic carbocycles. The van der Waals surface area contributed by atoms with Crippen molar-refractivity contribution < 1.29 is 9.53 Å². The Morgan fingerprint density at radius 3 is 2.60 bits per heavy atom. The van der Waals surface area contributed by atoms with Crippen LogP contribution in [-0.2, 0) is 11.8 Å². The third-order valence-corrected chi connectivity index (χ3v) is 2.95. The summed E-state index contributed by atoms with van der Waals surface area (Å²) < 4.78 is 7.27. The molecule has 0 unspecified atom stereocenters. The summed E-state index contributed by atoms with van der Waals surface area (Å²) in [7, 11) is 1.85. The minimum Gasteiger partial charge on any atom is -0.480 e. The van der Waals surface area contributed by atoms with Gasteiger partial charge in [0, 0.05) is 19.6 Å². The second-order valence-electron chi connectivity index (χ2n) is 4.68. The van der Waals surface area contributed by atoms with E-state index in [1.54, 1.807) is 4.68 Å². The largest absolute Gasteiger partial charge is 0.480 e. The third-order valence-electron chi connectivity index (χ3n) is 2.95. The van der Waals surface area contributed by atoms with Crippen LogP contribution in [0.15, 0.2) is 0 Å². The van der Waals surface area contributed by atoms with E-state index in [2.05, 4.69) is 15.7 Å². The van der Waals surface area contributed by atoms with Gasteiger partial charge in [-0.1, -0.05) is 6.92 Å². The van der Waals surface area contributed by atoms with Crippen molar-refractivity contribution in [2.24, 2.45) is 7.05 Å². The second kappa shape index (κ2) is 8.81. The van der Waals surface area contributed by atoms with E-state index in [9.17, 15) is 4.79 Å². The average molecular weight is 305 g/mol. The molecule has 1 atom stereocenters. The Morgan fingerprint density at radius 2 is 2.10 bits per heavy atom. The van der Waals surface area contributed by atoms with E-state index in [0.29, 0.717) is 12.3 Å². The predicted octanol–water partition coefficient (Wildman–Crippen LogP) is 0.952. The van der Waals surface area contributed by atoms with Gasteiger partial charge in [-0.2, -0.15) is 5.10 Å². The van der Waals surface area contributed by atoms with Crippen LogP contribution in [-0.4, -0.2) is 41.4 Å². The molecule has 2 N–H and O–H groups in total. The first-order valence-electron chi connectivity index (χ1n) is 6.58. The molecular weight excluding hydrogens is 280 g/mol. The molecular formula is C13H25ClN4O2. The summed E-state index contributed by atoms with van der Waals surface area (Å²) in [6.07, 6.45) is 0. The van der Waals surface area contributed by atoms with Crippen molar-refractivity contribution in [1.82, 2.24) is 20.4 Å². The molecule has 20 heavy (non-hydrogen) atoms. The van der Waals surface area contributed by atoms with E-state index < -0.39 is 0 Å². The zero-order valence-electron chi connectivity index (χ0n) is 12.8. The number of aryl methyl sites for hydroxylation is 2. The van der Waals surface area contributed by atoms with Gasteiger partial charge in [-0.15, -0.1) is 12.4 Å². The lowest BCUT2D eigenvalue weighted by Gasteiger charge is -2.13. The van der Waals surface area contributed by atoms with E-state index >= 15 is 0 Å². The number of hydrogen-bond donors (Lipinski definition) is 2. The van der Waals surface area contributed by atoms with Crippen LogP contribution in [0.3, 0.4) is 0 Å². The van der Waals surface area contributed by atoms with Crippen molar-refractivity contribution in [1.29, 1.82) is 0 Å². The normalized spacial score (nSPS) is 11.7. The molecule has 6 nitrogen and oxygen atoms in total. The number of aromatic nitrogens is 2. The summed E-state index contributed by atoms with van der Waals surface area (Å²) in [4.78, 5) is 11.7. The van der Waals surface area contributed by atoms with Gasteiger partial charge in [-0.05, 0) is 27.3 Å². The van der Waals surface area contributed by atoms with Gasteiger partial charge in [0.05, 0.1) is 5.69 Å². The molecule has 0 spiro atoms. The number of likely N-dealkylation sites (N-methyl/N-ethyl adjacent to an activating group) is 1. The number of hydrogen-bond acceptors (Lipinski definition) is 4. The molecule has 0 aliphatic carbocycles. The summed E-state index contributed by atoms with van der Waals surface area (Å²) in [6, 6.07) is 0.260. The van der Waals surface area contributed by atoms with Crippen LogP contribution < -0.4 is 15.4 Å². The third kappa shape index (κ3) is 5.38. The summed E-state index contributed by atoms with van der Waals surface area (Å²) in [6.45, 7) is 9.36. The predicted molar refractivity (Wildman–Crippen MR) is 81.6 cm³/mol. The highest BCUT2D eigenvalue weighted by Gasteiger charge is 2.12. The molecule has 0 fully saturated rings. The van der Waals surface area contributed by atoms with Crippen molar-refractivity contribution in [3.05, 3.63) is 11.4 Å². The average Bonchev–Trinajstić information content (AvgIpc) is 2.59. The van der Waals surface area contributed by atoms with E-state index in [1.165, 1.54) is 0 Å². The maximum Gasteiger partial charge on any atom is 0.257 e. The minimum absolute atomic E-state index is 0. The van der Waals surface area contributed by atoms with Crippen LogP contribution in [0.2, 0.25) is 0 Å². The molecule has 1 amide bonds. The van der Waals surface area contributed by atoms with Gasteiger partial charge >= 0.3 is 0 Å². The maximum absolute atomic E-state index is 11.7. The van der Waals surface area contributed by atoms with Crippen LogP contribution in [0.1, 0.15) is 25.2 Å².